The monoisotopic (exact) mass is 275 g/mol. The molecule has 110 valence electrons. The summed E-state index contributed by atoms with van der Waals surface area (Å²) < 4.78 is 0. The lowest BCUT2D eigenvalue weighted by molar-refractivity contribution is 0.0728. The van der Waals surface area contributed by atoms with E-state index in [1.165, 1.54) is 0 Å². The highest BCUT2D eigenvalue weighted by molar-refractivity contribution is 5.96. The van der Waals surface area contributed by atoms with Gasteiger partial charge in [0.1, 0.15) is 0 Å². The smallest absolute Gasteiger partial charge is 0.253 e. The van der Waals surface area contributed by atoms with E-state index in [2.05, 4.69) is 31.4 Å². The third kappa shape index (κ3) is 3.24. The summed E-state index contributed by atoms with van der Waals surface area (Å²) in [6.07, 6.45) is 1.02. The summed E-state index contributed by atoms with van der Waals surface area (Å²) in [5.41, 5.74) is 2.84. The van der Waals surface area contributed by atoms with E-state index in [0.717, 1.165) is 36.4 Å². The standard InChI is InChI=1S/C16H25N3O/c1-11(2)9-12(3)19(4)16(20)13-5-6-14-15(10-13)18-8-7-17-14/h5-6,10-12,17-18H,7-9H2,1-4H3. The summed E-state index contributed by atoms with van der Waals surface area (Å²) >= 11 is 0. The van der Waals surface area contributed by atoms with Crippen LogP contribution < -0.4 is 10.6 Å². The van der Waals surface area contributed by atoms with Gasteiger partial charge in [-0.3, -0.25) is 4.79 Å². The predicted molar refractivity (Wildman–Crippen MR) is 84.4 cm³/mol. The topological polar surface area (TPSA) is 44.4 Å². The van der Waals surface area contributed by atoms with E-state index in [9.17, 15) is 4.79 Å². The SMILES string of the molecule is CC(C)CC(C)N(C)C(=O)c1ccc2c(c1)NCCN2. The lowest BCUT2D eigenvalue weighted by Crippen LogP contribution is -2.36. The van der Waals surface area contributed by atoms with Crippen LogP contribution in [0, 0.1) is 5.92 Å². The van der Waals surface area contributed by atoms with Crippen molar-refractivity contribution in [1.29, 1.82) is 0 Å². The van der Waals surface area contributed by atoms with Crippen molar-refractivity contribution >= 4 is 17.3 Å². The van der Waals surface area contributed by atoms with Crippen LogP contribution >= 0.6 is 0 Å². The molecule has 2 N–H and O–H groups in total. The number of benzene rings is 1. The second-order valence-electron chi connectivity index (χ2n) is 6.01. The Morgan fingerprint density at radius 3 is 2.50 bits per heavy atom. The molecule has 4 nitrogen and oxygen atoms in total. The normalized spacial score (nSPS) is 15.1. The first kappa shape index (κ1) is 14.7. The number of carbonyl (C=O) groups is 1. The fourth-order valence-electron chi connectivity index (χ4n) is 2.62. The number of fused-ring (bicyclic) bond motifs is 1. The molecule has 2 rings (SSSR count). The van der Waals surface area contributed by atoms with E-state index in [1.807, 2.05) is 30.1 Å². The third-order valence-corrected chi connectivity index (χ3v) is 3.82. The van der Waals surface area contributed by atoms with Crippen molar-refractivity contribution in [1.82, 2.24) is 4.90 Å². The number of carbonyl (C=O) groups excluding carboxylic acids is 1. The van der Waals surface area contributed by atoms with E-state index in [-0.39, 0.29) is 11.9 Å². The van der Waals surface area contributed by atoms with Crippen LogP contribution in [0.4, 0.5) is 11.4 Å². The summed E-state index contributed by atoms with van der Waals surface area (Å²) in [6.45, 7) is 8.29. The van der Waals surface area contributed by atoms with Gasteiger partial charge in [-0.25, -0.2) is 0 Å². The van der Waals surface area contributed by atoms with Gasteiger partial charge in [0.2, 0.25) is 0 Å². The molecule has 20 heavy (non-hydrogen) atoms. The van der Waals surface area contributed by atoms with Gasteiger partial charge in [-0.2, -0.15) is 0 Å². The molecule has 1 atom stereocenters. The first-order valence-electron chi connectivity index (χ1n) is 7.38. The van der Waals surface area contributed by atoms with Gasteiger partial charge in [-0.15, -0.1) is 0 Å². The summed E-state index contributed by atoms with van der Waals surface area (Å²) in [5.74, 6) is 0.683. The van der Waals surface area contributed by atoms with Crippen LogP contribution in [-0.4, -0.2) is 37.0 Å². The van der Waals surface area contributed by atoms with E-state index in [0.29, 0.717) is 5.92 Å². The quantitative estimate of drug-likeness (QED) is 0.887. The Morgan fingerprint density at radius 2 is 1.85 bits per heavy atom. The molecule has 4 heteroatoms. The van der Waals surface area contributed by atoms with Gasteiger partial charge in [-0.1, -0.05) is 13.8 Å². The fourth-order valence-corrected chi connectivity index (χ4v) is 2.62. The highest BCUT2D eigenvalue weighted by Gasteiger charge is 2.19. The molecule has 0 saturated carbocycles. The van der Waals surface area contributed by atoms with Gasteiger partial charge < -0.3 is 15.5 Å². The molecule has 0 saturated heterocycles. The molecule has 1 heterocycles. The van der Waals surface area contributed by atoms with Crippen molar-refractivity contribution in [3.8, 4) is 0 Å². The molecule has 1 amide bonds. The largest absolute Gasteiger partial charge is 0.382 e. The van der Waals surface area contributed by atoms with Gasteiger partial charge in [0.05, 0.1) is 11.4 Å². The fraction of sp³-hybridized carbons (Fsp3) is 0.562. The number of hydrogen-bond acceptors (Lipinski definition) is 3. The molecule has 1 aromatic rings. The van der Waals surface area contributed by atoms with Crippen LogP contribution in [0.15, 0.2) is 18.2 Å². The maximum Gasteiger partial charge on any atom is 0.253 e. The Balaban J connectivity index is 2.12. The van der Waals surface area contributed by atoms with Crippen LogP contribution in [0.2, 0.25) is 0 Å². The molecule has 0 fully saturated rings. The minimum Gasteiger partial charge on any atom is -0.382 e. The number of hydrogen-bond donors (Lipinski definition) is 2. The van der Waals surface area contributed by atoms with Crippen LogP contribution in [-0.2, 0) is 0 Å². The molecule has 0 aromatic heterocycles. The zero-order chi connectivity index (χ0) is 14.7. The Kier molecular flexibility index (Phi) is 4.53. The number of rotatable bonds is 4. The zero-order valence-corrected chi connectivity index (χ0v) is 12.9. The minimum absolute atomic E-state index is 0.0910. The molecule has 0 radical (unpaired) electrons. The van der Waals surface area contributed by atoms with Crippen molar-refractivity contribution in [2.24, 2.45) is 5.92 Å². The Labute approximate surface area is 121 Å². The number of anilines is 2. The van der Waals surface area contributed by atoms with E-state index in [1.54, 1.807) is 0 Å². The van der Waals surface area contributed by atoms with Crippen LogP contribution in [0.3, 0.4) is 0 Å². The molecular formula is C16H25N3O. The average molecular weight is 275 g/mol. The van der Waals surface area contributed by atoms with Crippen molar-refractivity contribution in [3.05, 3.63) is 23.8 Å². The first-order chi connectivity index (χ1) is 9.49. The lowest BCUT2D eigenvalue weighted by Gasteiger charge is -2.27. The molecule has 1 aliphatic rings. The number of nitrogens with zero attached hydrogens (tertiary/aromatic N) is 1. The molecule has 0 spiro atoms. The highest BCUT2D eigenvalue weighted by atomic mass is 16.2. The zero-order valence-electron chi connectivity index (χ0n) is 12.9. The van der Waals surface area contributed by atoms with Crippen LogP contribution in [0.1, 0.15) is 37.6 Å². The molecule has 1 unspecified atom stereocenters. The van der Waals surface area contributed by atoms with Gasteiger partial charge in [0, 0.05) is 31.7 Å². The summed E-state index contributed by atoms with van der Waals surface area (Å²) in [7, 11) is 1.89. The van der Waals surface area contributed by atoms with Crippen molar-refractivity contribution in [2.45, 2.75) is 33.2 Å². The van der Waals surface area contributed by atoms with Gasteiger partial charge in [-0.05, 0) is 37.5 Å². The summed E-state index contributed by atoms with van der Waals surface area (Å²) in [4.78, 5) is 14.4. The molecule has 0 bridgehead atoms. The number of nitrogens with one attached hydrogen (secondary N) is 2. The van der Waals surface area contributed by atoms with Crippen molar-refractivity contribution in [2.75, 3.05) is 30.8 Å². The van der Waals surface area contributed by atoms with E-state index in [4.69, 9.17) is 0 Å². The van der Waals surface area contributed by atoms with Crippen LogP contribution in [0.25, 0.3) is 0 Å². The Bertz CT molecular complexity index is 485. The Hall–Kier alpha value is -1.71. The summed E-state index contributed by atoms with van der Waals surface area (Å²) in [5, 5.41) is 6.64. The van der Waals surface area contributed by atoms with Crippen molar-refractivity contribution in [3.63, 3.8) is 0 Å². The van der Waals surface area contributed by atoms with Gasteiger partial charge in [0.25, 0.3) is 5.91 Å². The lowest BCUT2D eigenvalue weighted by atomic mass is 10.0. The molecule has 1 aromatic carbocycles. The van der Waals surface area contributed by atoms with Crippen LogP contribution in [0.5, 0.6) is 0 Å². The number of amides is 1. The highest BCUT2D eigenvalue weighted by Crippen LogP contribution is 2.26. The third-order valence-electron chi connectivity index (χ3n) is 3.82. The average Bonchev–Trinajstić information content (AvgIpc) is 2.44. The Morgan fingerprint density at radius 1 is 1.20 bits per heavy atom. The maximum absolute atomic E-state index is 12.5. The minimum atomic E-state index is 0.0910. The molecule has 1 aliphatic heterocycles. The summed E-state index contributed by atoms with van der Waals surface area (Å²) in [6, 6.07) is 6.09. The van der Waals surface area contributed by atoms with Crippen molar-refractivity contribution < 1.29 is 4.79 Å². The van der Waals surface area contributed by atoms with Gasteiger partial charge in [0.15, 0.2) is 0 Å². The second kappa shape index (κ2) is 6.16. The van der Waals surface area contributed by atoms with E-state index >= 15 is 0 Å². The first-order valence-corrected chi connectivity index (χ1v) is 7.38. The van der Waals surface area contributed by atoms with E-state index < -0.39 is 0 Å². The molecule has 0 aliphatic carbocycles. The molecular weight excluding hydrogens is 250 g/mol. The maximum atomic E-state index is 12.5. The van der Waals surface area contributed by atoms with Gasteiger partial charge >= 0.3 is 0 Å². The predicted octanol–water partition coefficient (Wildman–Crippen LogP) is 3.03. The second-order valence-corrected chi connectivity index (χ2v) is 6.01.